The molecule has 2 N–H and O–H groups in total. The van der Waals surface area contributed by atoms with Gasteiger partial charge >= 0.3 is 0 Å². The van der Waals surface area contributed by atoms with Crippen molar-refractivity contribution in [1.29, 1.82) is 0 Å². The third-order valence-electron chi connectivity index (χ3n) is 6.33. The molecule has 2 bridgehead atoms. The lowest BCUT2D eigenvalue weighted by molar-refractivity contribution is -0.0159. The third-order valence-corrected chi connectivity index (χ3v) is 6.33. The number of unbranched alkanes of at least 4 members (excludes halogenated alkanes) is 12. The summed E-state index contributed by atoms with van der Waals surface area (Å²) in [6.07, 6.45) is 23.8. The van der Waals surface area contributed by atoms with Crippen molar-refractivity contribution in [3.8, 4) is 0 Å². The molecule has 24 heavy (non-hydrogen) atoms. The van der Waals surface area contributed by atoms with Crippen LogP contribution < -0.4 is 5.32 Å². The van der Waals surface area contributed by atoms with Crippen molar-refractivity contribution in [3.05, 3.63) is 0 Å². The molecule has 2 rings (SSSR count). The Morgan fingerprint density at radius 3 is 1.58 bits per heavy atom. The van der Waals surface area contributed by atoms with Crippen LogP contribution in [0.2, 0.25) is 0 Å². The molecule has 2 heteroatoms. The molecular formula is C22H43NO. The zero-order valence-corrected chi connectivity index (χ0v) is 16.3. The van der Waals surface area contributed by atoms with Gasteiger partial charge in [0.15, 0.2) is 0 Å². The van der Waals surface area contributed by atoms with Crippen molar-refractivity contribution in [3.63, 3.8) is 0 Å². The van der Waals surface area contributed by atoms with Crippen LogP contribution in [-0.2, 0) is 0 Å². The topological polar surface area (TPSA) is 32.3 Å². The maximum Gasteiger partial charge on any atom is 0.0677 e. The van der Waals surface area contributed by atoms with Gasteiger partial charge in [0.2, 0.25) is 0 Å². The molecule has 2 aliphatic heterocycles. The van der Waals surface area contributed by atoms with Crippen LogP contribution in [0.25, 0.3) is 0 Å². The first-order chi connectivity index (χ1) is 11.7. The Hall–Kier alpha value is -0.0800. The van der Waals surface area contributed by atoms with Gasteiger partial charge in [-0.2, -0.15) is 0 Å². The summed E-state index contributed by atoms with van der Waals surface area (Å²) in [6.45, 7) is 2.29. The van der Waals surface area contributed by atoms with E-state index in [-0.39, 0.29) is 5.60 Å². The van der Waals surface area contributed by atoms with E-state index in [1.54, 1.807) is 0 Å². The van der Waals surface area contributed by atoms with Crippen LogP contribution in [0, 0.1) is 0 Å². The van der Waals surface area contributed by atoms with Gasteiger partial charge in [0, 0.05) is 12.1 Å². The van der Waals surface area contributed by atoms with E-state index in [2.05, 4.69) is 12.2 Å². The Bertz CT molecular complexity index is 305. The van der Waals surface area contributed by atoms with Gasteiger partial charge in [-0.3, -0.25) is 0 Å². The summed E-state index contributed by atoms with van der Waals surface area (Å²) in [5.74, 6) is 0. The first-order valence-electron chi connectivity index (χ1n) is 11.2. The molecule has 0 aliphatic carbocycles. The average Bonchev–Trinajstić information content (AvgIpc) is 2.91. The summed E-state index contributed by atoms with van der Waals surface area (Å²) in [6, 6.07) is 1.21. The van der Waals surface area contributed by atoms with E-state index in [0.29, 0.717) is 12.1 Å². The number of piperidine rings is 1. The van der Waals surface area contributed by atoms with Crippen molar-refractivity contribution in [2.75, 3.05) is 0 Å². The van der Waals surface area contributed by atoms with E-state index < -0.39 is 0 Å². The molecule has 0 amide bonds. The number of fused-ring (bicyclic) bond motifs is 2. The van der Waals surface area contributed by atoms with E-state index in [4.69, 9.17) is 0 Å². The Labute approximate surface area is 151 Å². The summed E-state index contributed by atoms with van der Waals surface area (Å²) in [5.41, 5.74) is -0.338. The van der Waals surface area contributed by atoms with E-state index >= 15 is 0 Å². The lowest BCUT2D eigenvalue weighted by Gasteiger charge is -2.37. The maximum atomic E-state index is 10.8. The molecule has 0 radical (unpaired) electrons. The third kappa shape index (κ3) is 7.87. The Morgan fingerprint density at radius 1 is 0.708 bits per heavy atom. The normalized spacial score (nSPS) is 29.2. The monoisotopic (exact) mass is 337 g/mol. The second-order valence-corrected chi connectivity index (χ2v) is 8.76. The van der Waals surface area contributed by atoms with E-state index in [1.807, 2.05) is 0 Å². The van der Waals surface area contributed by atoms with E-state index in [0.717, 1.165) is 19.3 Å². The minimum Gasteiger partial charge on any atom is -0.390 e. The van der Waals surface area contributed by atoms with Gasteiger partial charge in [0.25, 0.3) is 0 Å². The van der Waals surface area contributed by atoms with Crippen LogP contribution in [0.3, 0.4) is 0 Å². The van der Waals surface area contributed by atoms with Crippen molar-refractivity contribution in [2.24, 2.45) is 0 Å². The average molecular weight is 338 g/mol. The molecular weight excluding hydrogens is 294 g/mol. The van der Waals surface area contributed by atoms with Crippen LogP contribution in [-0.4, -0.2) is 22.8 Å². The zero-order chi connectivity index (χ0) is 17.1. The van der Waals surface area contributed by atoms with Crippen molar-refractivity contribution in [1.82, 2.24) is 5.32 Å². The van der Waals surface area contributed by atoms with Gasteiger partial charge in [0.1, 0.15) is 0 Å². The van der Waals surface area contributed by atoms with E-state index in [9.17, 15) is 5.11 Å². The number of hydrogen-bond donors (Lipinski definition) is 2. The molecule has 0 spiro atoms. The second-order valence-electron chi connectivity index (χ2n) is 8.76. The predicted molar refractivity (Wildman–Crippen MR) is 104 cm³/mol. The highest BCUT2D eigenvalue weighted by Gasteiger charge is 2.41. The second kappa shape index (κ2) is 11.5. The highest BCUT2D eigenvalue weighted by molar-refractivity contribution is 4.99. The molecule has 142 valence electrons. The van der Waals surface area contributed by atoms with Crippen molar-refractivity contribution < 1.29 is 5.11 Å². The molecule has 2 atom stereocenters. The standard InChI is InChI=1S/C22H43NO/c1-2-3-4-5-6-7-8-9-10-11-12-13-14-17-22(24)18-20-15-16-21(19-22)23-20/h20-21,23-24H,2-19H2,1H3. The lowest BCUT2D eigenvalue weighted by Crippen LogP contribution is -2.48. The van der Waals surface area contributed by atoms with Gasteiger partial charge in [0.05, 0.1) is 5.60 Å². The molecule has 2 aliphatic rings. The quantitative estimate of drug-likeness (QED) is 0.375. The molecule has 2 fully saturated rings. The van der Waals surface area contributed by atoms with Crippen LogP contribution in [0.15, 0.2) is 0 Å². The number of hydrogen-bond acceptors (Lipinski definition) is 2. The zero-order valence-electron chi connectivity index (χ0n) is 16.3. The Balaban J connectivity index is 1.34. The van der Waals surface area contributed by atoms with Crippen LogP contribution in [0.1, 0.15) is 122 Å². The Morgan fingerprint density at radius 2 is 1.12 bits per heavy atom. The molecule has 2 unspecified atom stereocenters. The summed E-state index contributed by atoms with van der Waals surface area (Å²) in [5, 5.41) is 14.4. The number of nitrogens with one attached hydrogen (secondary N) is 1. The largest absolute Gasteiger partial charge is 0.390 e. The molecule has 0 aromatic rings. The fourth-order valence-electron chi connectivity index (χ4n) is 4.90. The van der Waals surface area contributed by atoms with Gasteiger partial charge in [-0.25, -0.2) is 0 Å². The lowest BCUT2D eigenvalue weighted by atomic mass is 9.83. The van der Waals surface area contributed by atoms with Gasteiger partial charge in [-0.15, -0.1) is 0 Å². The predicted octanol–water partition coefficient (Wildman–Crippen LogP) is 6.11. The summed E-state index contributed by atoms with van der Waals surface area (Å²) in [7, 11) is 0. The molecule has 2 heterocycles. The fraction of sp³-hybridized carbons (Fsp3) is 1.00. The van der Waals surface area contributed by atoms with Gasteiger partial charge in [-0.05, 0) is 32.1 Å². The molecule has 2 saturated heterocycles. The first-order valence-corrected chi connectivity index (χ1v) is 11.2. The van der Waals surface area contributed by atoms with E-state index in [1.165, 1.54) is 96.3 Å². The minimum atomic E-state index is -0.338. The van der Waals surface area contributed by atoms with Crippen molar-refractivity contribution >= 4 is 0 Å². The molecule has 2 nitrogen and oxygen atoms in total. The summed E-state index contributed by atoms with van der Waals surface area (Å²) in [4.78, 5) is 0. The highest BCUT2D eigenvalue weighted by Crippen LogP contribution is 2.37. The Kier molecular flexibility index (Phi) is 9.71. The van der Waals surface area contributed by atoms with Crippen LogP contribution in [0.5, 0.6) is 0 Å². The molecule has 0 aromatic carbocycles. The smallest absolute Gasteiger partial charge is 0.0677 e. The van der Waals surface area contributed by atoms with Gasteiger partial charge < -0.3 is 10.4 Å². The van der Waals surface area contributed by atoms with Crippen LogP contribution in [0.4, 0.5) is 0 Å². The fourth-order valence-corrected chi connectivity index (χ4v) is 4.90. The number of aliphatic hydroxyl groups is 1. The molecule has 0 aromatic heterocycles. The number of rotatable bonds is 14. The molecule has 0 saturated carbocycles. The van der Waals surface area contributed by atoms with Crippen LogP contribution >= 0.6 is 0 Å². The summed E-state index contributed by atoms with van der Waals surface area (Å²) >= 11 is 0. The highest BCUT2D eigenvalue weighted by atomic mass is 16.3. The van der Waals surface area contributed by atoms with Crippen molar-refractivity contribution in [2.45, 2.75) is 140 Å². The minimum absolute atomic E-state index is 0.338. The summed E-state index contributed by atoms with van der Waals surface area (Å²) < 4.78 is 0. The first kappa shape index (κ1) is 20.2. The SMILES string of the molecule is CCCCCCCCCCCCCCCC1(O)CC2CCC(C1)N2. The maximum absolute atomic E-state index is 10.8. The van der Waals surface area contributed by atoms with Gasteiger partial charge in [-0.1, -0.05) is 90.4 Å².